The maximum Gasteiger partial charge on any atom is 0.137 e. The standard InChI is InChI=1S/C20H26N6O2/c1-14-5-18(24-23-14)7-16-9-25(11-19(16)27)8-15-3-4-20(28-2)17(6-15)10-26-13-21-12-22-26/h3-6,12-13,16,19,27H,7-11H2,1-2H3,(H,23,24)/t16-,19-/m1/s1. The summed E-state index contributed by atoms with van der Waals surface area (Å²) < 4.78 is 7.28. The van der Waals surface area contributed by atoms with Gasteiger partial charge < -0.3 is 9.84 Å². The molecule has 3 heterocycles. The number of benzene rings is 1. The smallest absolute Gasteiger partial charge is 0.137 e. The molecule has 1 aliphatic rings. The third-order valence-corrected chi connectivity index (χ3v) is 5.26. The Hall–Kier alpha value is -2.71. The summed E-state index contributed by atoms with van der Waals surface area (Å²) in [5, 5.41) is 22.0. The quantitative estimate of drug-likeness (QED) is 0.642. The number of H-pyrrole nitrogens is 1. The van der Waals surface area contributed by atoms with Crippen LogP contribution in [0.5, 0.6) is 5.75 Å². The number of β-amino-alcohol motifs (C(OH)–C–C–N with tert-alkyl or cyclic N) is 1. The molecule has 28 heavy (non-hydrogen) atoms. The molecule has 2 N–H and O–H groups in total. The van der Waals surface area contributed by atoms with Gasteiger partial charge in [0.1, 0.15) is 18.4 Å². The van der Waals surface area contributed by atoms with Crippen molar-refractivity contribution in [2.45, 2.75) is 32.5 Å². The number of nitrogens with one attached hydrogen (secondary N) is 1. The minimum absolute atomic E-state index is 0.204. The van der Waals surface area contributed by atoms with Crippen LogP contribution in [0.15, 0.2) is 36.9 Å². The van der Waals surface area contributed by atoms with Crippen LogP contribution in [0.25, 0.3) is 0 Å². The molecule has 0 aliphatic carbocycles. The maximum atomic E-state index is 10.5. The molecule has 0 unspecified atom stereocenters. The first kappa shape index (κ1) is 18.6. The number of ether oxygens (including phenoxy) is 1. The van der Waals surface area contributed by atoms with Crippen LogP contribution in [0, 0.1) is 12.8 Å². The van der Waals surface area contributed by atoms with Crippen molar-refractivity contribution in [3.8, 4) is 5.75 Å². The summed E-state index contributed by atoms with van der Waals surface area (Å²) in [6.07, 6.45) is 3.69. The molecule has 8 heteroatoms. The molecule has 8 nitrogen and oxygen atoms in total. The van der Waals surface area contributed by atoms with Gasteiger partial charge in [0.2, 0.25) is 0 Å². The lowest BCUT2D eigenvalue weighted by Crippen LogP contribution is -2.21. The Bertz CT molecular complexity index is 907. The van der Waals surface area contributed by atoms with Gasteiger partial charge in [-0.1, -0.05) is 6.07 Å². The van der Waals surface area contributed by atoms with Gasteiger partial charge in [-0.25, -0.2) is 9.67 Å². The molecule has 0 radical (unpaired) electrons. The van der Waals surface area contributed by atoms with Crippen LogP contribution in [0.2, 0.25) is 0 Å². The van der Waals surface area contributed by atoms with E-state index in [0.717, 1.165) is 42.2 Å². The van der Waals surface area contributed by atoms with Gasteiger partial charge in [-0.15, -0.1) is 0 Å². The van der Waals surface area contributed by atoms with Gasteiger partial charge >= 0.3 is 0 Å². The SMILES string of the molecule is COc1ccc(CN2C[C@@H](Cc3cc(C)[nH]n3)[C@H](O)C2)cc1Cn1cncn1. The summed E-state index contributed by atoms with van der Waals surface area (Å²) >= 11 is 0. The van der Waals surface area contributed by atoms with E-state index < -0.39 is 0 Å². The van der Waals surface area contributed by atoms with Gasteiger partial charge in [-0.2, -0.15) is 10.2 Å². The maximum absolute atomic E-state index is 10.5. The summed E-state index contributed by atoms with van der Waals surface area (Å²) in [6.45, 7) is 4.94. The molecule has 148 valence electrons. The van der Waals surface area contributed by atoms with Gasteiger partial charge in [-0.05, 0) is 37.1 Å². The molecule has 1 saturated heterocycles. The second-order valence-corrected chi connectivity index (χ2v) is 7.51. The van der Waals surface area contributed by atoms with Crippen LogP contribution < -0.4 is 4.74 Å². The Morgan fingerprint density at radius 3 is 2.86 bits per heavy atom. The fraction of sp³-hybridized carbons (Fsp3) is 0.450. The second-order valence-electron chi connectivity index (χ2n) is 7.51. The van der Waals surface area contributed by atoms with Gasteiger partial charge in [0.15, 0.2) is 0 Å². The number of methoxy groups -OCH3 is 1. The highest BCUT2D eigenvalue weighted by Gasteiger charge is 2.31. The molecule has 1 fully saturated rings. The molecule has 0 amide bonds. The number of hydrogen-bond donors (Lipinski definition) is 2. The normalized spacial score (nSPS) is 20.0. The van der Waals surface area contributed by atoms with Crippen molar-refractivity contribution in [2.24, 2.45) is 5.92 Å². The van der Waals surface area contributed by atoms with E-state index in [1.165, 1.54) is 11.9 Å². The third-order valence-electron chi connectivity index (χ3n) is 5.26. The predicted octanol–water partition coefficient (Wildman–Crippen LogP) is 1.40. The van der Waals surface area contributed by atoms with Crippen molar-refractivity contribution in [1.29, 1.82) is 0 Å². The molecule has 2 aromatic heterocycles. The topological polar surface area (TPSA) is 92.1 Å². The van der Waals surface area contributed by atoms with Crippen LogP contribution in [-0.2, 0) is 19.5 Å². The summed E-state index contributed by atoms with van der Waals surface area (Å²) in [5.74, 6) is 1.04. The van der Waals surface area contributed by atoms with Crippen molar-refractivity contribution < 1.29 is 9.84 Å². The van der Waals surface area contributed by atoms with Crippen molar-refractivity contribution in [3.05, 3.63) is 59.4 Å². The molecule has 3 aromatic rings. The number of hydrogen-bond acceptors (Lipinski definition) is 6. The van der Waals surface area contributed by atoms with E-state index in [1.54, 1.807) is 18.1 Å². The Morgan fingerprint density at radius 1 is 1.25 bits per heavy atom. The highest BCUT2D eigenvalue weighted by molar-refractivity contribution is 5.37. The first-order chi connectivity index (χ1) is 13.6. The third kappa shape index (κ3) is 4.23. The number of rotatable bonds is 7. The average Bonchev–Trinajstić information content (AvgIpc) is 3.39. The van der Waals surface area contributed by atoms with Crippen molar-refractivity contribution in [2.75, 3.05) is 20.2 Å². The van der Waals surface area contributed by atoms with Crippen molar-refractivity contribution >= 4 is 0 Å². The zero-order chi connectivity index (χ0) is 19.5. The molecule has 0 saturated carbocycles. The predicted molar refractivity (Wildman–Crippen MR) is 104 cm³/mol. The van der Waals surface area contributed by atoms with E-state index in [1.807, 2.05) is 13.0 Å². The van der Waals surface area contributed by atoms with Crippen LogP contribution >= 0.6 is 0 Å². The van der Waals surface area contributed by atoms with Crippen LogP contribution in [-0.4, -0.2) is 61.3 Å². The first-order valence-corrected chi connectivity index (χ1v) is 9.50. The number of aromatic nitrogens is 5. The zero-order valence-corrected chi connectivity index (χ0v) is 16.2. The van der Waals surface area contributed by atoms with E-state index in [9.17, 15) is 5.11 Å². The molecule has 1 aliphatic heterocycles. The monoisotopic (exact) mass is 382 g/mol. The Morgan fingerprint density at radius 2 is 2.14 bits per heavy atom. The average molecular weight is 382 g/mol. The fourth-order valence-electron chi connectivity index (χ4n) is 3.92. The van der Waals surface area contributed by atoms with E-state index in [2.05, 4.69) is 43.4 Å². The van der Waals surface area contributed by atoms with E-state index in [4.69, 9.17) is 4.74 Å². The molecule has 0 bridgehead atoms. The molecule has 4 rings (SSSR count). The van der Waals surface area contributed by atoms with Crippen LogP contribution in [0.1, 0.15) is 22.5 Å². The lowest BCUT2D eigenvalue weighted by Gasteiger charge is -2.17. The second kappa shape index (κ2) is 8.12. The van der Waals surface area contributed by atoms with E-state index in [-0.39, 0.29) is 12.0 Å². The van der Waals surface area contributed by atoms with Crippen molar-refractivity contribution in [1.82, 2.24) is 29.9 Å². The van der Waals surface area contributed by atoms with Crippen LogP contribution in [0.3, 0.4) is 0 Å². The minimum atomic E-state index is -0.329. The first-order valence-electron chi connectivity index (χ1n) is 9.50. The number of likely N-dealkylation sites (tertiary alicyclic amines) is 1. The Labute approximate surface area is 164 Å². The van der Waals surface area contributed by atoms with E-state index in [0.29, 0.717) is 13.1 Å². The highest BCUT2D eigenvalue weighted by Crippen LogP contribution is 2.25. The molecular formula is C20H26N6O2. The zero-order valence-electron chi connectivity index (χ0n) is 16.2. The fourth-order valence-corrected chi connectivity index (χ4v) is 3.92. The van der Waals surface area contributed by atoms with Gasteiger partial charge in [0, 0.05) is 36.8 Å². The molecule has 2 atom stereocenters. The van der Waals surface area contributed by atoms with Crippen molar-refractivity contribution in [3.63, 3.8) is 0 Å². The van der Waals surface area contributed by atoms with Gasteiger partial charge in [0.25, 0.3) is 0 Å². The summed E-state index contributed by atoms with van der Waals surface area (Å²) in [6, 6.07) is 8.28. The number of nitrogens with zero attached hydrogens (tertiary/aromatic N) is 5. The number of aromatic amines is 1. The lowest BCUT2D eigenvalue weighted by molar-refractivity contribution is 0.140. The van der Waals surface area contributed by atoms with Crippen LogP contribution in [0.4, 0.5) is 0 Å². The highest BCUT2D eigenvalue weighted by atomic mass is 16.5. The largest absolute Gasteiger partial charge is 0.496 e. The Kier molecular flexibility index (Phi) is 5.40. The summed E-state index contributed by atoms with van der Waals surface area (Å²) in [7, 11) is 1.68. The molecular weight excluding hydrogens is 356 g/mol. The lowest BCUT2D eigenvalue weighted by atomic mass is 10.0. The number of aryl methyl sites for hydroxylation is 1. The van der Waals surface area contributed by atoms with Gasteiger partial charge in [-0.3, -0.25) is 10.00 Å². The molecule has 1 aromatic carbocycles. The summed E-state index contributed by atoms with van der Waals surface area (Å²) in [4.78, 5) is 6.30. The summed E-state index contributed by atoms with van der Waals surface area (Å²) in [5.41, 5.74) is 4.33. The van der Waals surface area contributed by atoms with E-state index >= 15 is 0 Å². The molecule has 0 spiro atoms. The van der Waals surface area contributed by atoms with Gasteiger partial charge in [0.05, 0.1) is 25.5 Å². The number of aliphatic hydroxyl groups excluding tert-OH is 1. The number of aliphatic hydroxyl groups is 1. The Balaban J connectivity index is 1.42. The minimum Gasteiger partial charge on any atom is -0.496 e.